The molecule has 1 aliphatic rings. The molecule has 1 aromatic carbocycles. The second kappa shape index (κ2) is 9.42. The maximum absolute atomic E-state index is 13.1. The molecule has 0 saturated carbocycles. The first kappa shape index (κ1) is 23.6. The summed E-state index contributed by atoms with van der Waals surface area (Å²) in [6, 6.07) is 6.32. The lowest BCUT2D eigenvalue weighted by Gasteiger charge is -2.26. The third-order valence-corrected chi connectivity index (χ3v) is 6.72. The van der Waals surface area contributed by atoms with Gasteiger partial charge in [-0.05, 0) is 57.5 Å². The van der Waals surface area contributed by atoms with Crippen LogP contribution in [0.3, 0.4) is 0 Å². The van der Waals surface area contributed by atoms with Crippen molar-refractivity contribution in [1.29, 1.82) is 0 Å². The van der Waals surface area contributed by atoms with Crippen LogP contribution >= 0.6 is 0 Å². The summed E-state index contributed by atoms with van der Waals surface area (Å²) in [5, 5.41) is 0. The van der Waals surface area contributed by atoms with Gasteiger partial charge in [0.2, 0.25) is 5.91 Å². The van der Waals surface area contributed by atoms with Crippen LogP contribution in [-0.2, 0) is 19.3 Å². The SMILES string of the molecule is C=CC(=O)N(C)c1ccc(C(=O)N=S2(=O)CCCN(C(=O)OC(C)(C)C)CC2)cc1. The molecule has 1 saturated heterocycles. The van der Waals surface area contributed by atoms with Crippen LogP contribution in [0.2, 0.25) is 0 Å². The molecule has 164 valence electrons. The van der Waals surface area contributed by atoms with Crippen molar-refractivity contribution in [3.63, 3.8) is 0 Å². The summed E-state index contributed by atoms with van der Waals surface area (Å²) < 4.78 is 22.5. The Balaban J connectivity index is 2.11. The number of ether oxygens (including phenoxy) is 1. The number of hydrogen-bond donors (Lipinski definition) is 0. The molecule has 1 aromatic rings. The number of rotatable bonds is 3. The minimum atomic E-state index is -2.78. The molecule has 1 aliphatic heterocycles. The van der Waals surface area contributed by atoms with Crippen LogP contribution < -0.4 is 4.90 Å². The monoisotopic (exact) mass is 435 g/mol. The fraction of sp³-hybridized carbons (Fsp3) is 0.476. The fourth-order valence-electron chi connectivity index (χ4n) is 2.84. The molecule has 3 amide bonds. The number of carbonyl (C=O) groups is 3. The Morgan fingerprint density at radius 2 is 1.80 bits per heavy atom. The van der Waals surface area contributed by atoms with Crippen LogP contribution in [0.5, 0.6) is 0 Å². The maximum atomic E-state index is 13.1. The Morgan fingerprint density at radius 1 is 1.17 bits per heavy atom. The highest BCUT2D eigenvalue weighted by molar-refractivity contribution is 7.93. The third-order valence-electron chi connectivity index (χ3n) is 4.48. The Labute approximate surface area is 178 Å². The van der Waals surface area contributed by atoms with Crippen molar-refractivity contribution < 1.29 is 23.3 Å². The van der Waals surface area contributed by atoms with Gasteiger partial charge in [-0.1, -0.05) is 6.58 Å². The molecule has 8 nitrogen and oxygen atoms in total. The summed E-state index contributed by atoms with van der Waals surface area (Å²) in [7, 11) is -1.18. The first-order valence-electron chi connectivity index (χ1n) is 9.69. The number of hydrogen-bond acceptors (Lipinski definition) is 5. The second-order valence-electron chi connectivity index (χ2n) is 8.05. The van der Waals surface area contributed by atoms with Crippen molar-refractivity contribution in [3.05, 3.63) is 42.5 Å². The van der Waals surface area contributed by atoms with Gasteiger partial charge in [0, 0.05) is 37.1 Å². The predicted octanol–water partition coefficient (Wildman–Crippen LogP) is 3.08. The van der Waals surface area contributed by atoms with E-state index in [2.05, 4.69) is 10.9 Å². The standard InChI is InChI=1S/C21H29N3O5S/c1-6-18(25)23(5)17-10-8-16(9-11-17)19(26)22-30(28)14-7-12-24(13-15-30)20(27)29-21(2,3)4/h6,8-11H,1,7,12-15H2,2-5H3. The highest BCUT2D eigenvalue weighted by atomic mass is 32.2. The van der Waals surface area contributed by atoms with Crippen LogP contribution in [0.4, 0.5) is 10.5 Å². The van der Waals surface area contributed by atoms with Crippen molar-refractivity contribution in [2.24, 2.45) is 4.36 Å². The van der Waals surface area contributed by atoms with E-state index in [0.717, 1.165) is 0 Å². The van der Waals surface area contributed by atoms with Crippen LogP contribution in [0.25, 0.3) is 0 Å². The minimum Gasteiger partial charge on any atom is -0.444 e. The van der Waals surface area contributed by atoms with Gasteiger partial charge in [-0.15, -0.1) is 0 Å². The molecule has 0 N–H and O–H groups in total. The lowest BCUT2D eigenvalue weighted by atomic mass is 10.2. The van der Waals surface area contributed by atoms with Crippen LogP contribution in [-0.4, -0.2) is 64.3 Å². The van der Waals surface area contributed by atoms with E-state index < -0.39 is 27.3 Å². The fourth-order valence-corrected chi connectivity index (χ4v) is 4.72. The van der Waals surface area contributed by atoms with Crippen LogP contribution in [0.15, 0.2) is 41.3 Å². The van der Waals surface area contributed by atoms with E-state index in [-0.39, 0.29) is 29.5 Å². The van der Waals surface area contributed by atoms with E-state index in [1.54, 1.807) is 52.1 Å². The molecule has 0 radical (unpaired) electrons. The third kappa shape index (κ3) is 6.41. The molecule has 1 fully saturated rings. The summed E-state index contributed by atoms with van der Waals surface area (Å²) in [5.74, 6) is -0.482. The van der Waals surface area contributed by atoms with Gasteiger partial charge in [0.15, 0.2) is 0 Å². The molecule has 9 heteroatoms. The molecule has 30 heavy (non-hydrogen) atoms. The zero-order valence-electron chi connectivity index (χ0n) is 17.9. The van der Waals surface area contributed by atoms with E-state index >= 15 is 0 Å². The summed E-state index contributed by atoms with van der Waals surface area (Å²) in [4.78, 5) is 39.4. The Hall–Kier alpha value is -2.68. The molecule has 0 bridgehead atoms. The second-order valence-corrected chi connectivity index (χ2v) is 10.6. The van der Waals surface area contributed by atoms with E-state index in [9.17, 15) is 18.6 Å². The summed E-state index contributed by atoms with van der Waals surface area (Å²) in [6.07, 6.45) is 1.22. The molecule has 1 heterocycles. The summed E-state index contributed by atoms with van der Waals surface area (Å²) in [5.41, 5.74) is 0.277. The molecule has 0 aliphatic carbocycles. The van der Waals surface area contributed by atoms with Gasteiger partial charge in [-0.25, -0.2) is 9.00 Å². The van der Waals surface area contributed by atoms with Crippen molar-refractivity contribution in [2.75, 3.05) is 36.5 Å². The average Bonchev–Trinajstić information content (AvgIpc) is 2.87. The normalized spacial score (nSPS) is 19.4. The molecular formula is C21H29N3O5S. The molecular weight excluding hydrogens is 406 g/mol. The predicted molar refractivity (Wildman–Crippen MR) is 117 cm³/mol. The number of amides is 3. The topological polar surface area (TPSA) is 96.4 Å². The Kier molecular flexibility index (Phi) is 7.41. The van der Waals surface area contributed by atoms with Gasteiger partial charge in [0.05, 0.1) is 15.5 Å². The van der Waals surface area contributed by atoms with E-state index in [0.29, 0.717) is 18.7 Å². The Bertz CT molecular complexity index is 940. The van der Waals surface area contributed by atoms with E-state index in [1.165, 1.54) is 15.9 Å². The quantitative estimate of drug-likeness (QED) is 0.680. The van der Waals surface area contributed by atoms with Crippen molar-refractivity contribution >= 4 is 33.3 Å². The zero-order chi connectivity index (χ0) is 22.5. The first-order valence-corrected chi connectivity index (χ1v) is 11.5. The molecule has 1 atom stereocenters. The number of carbonyl (C=O) groups excluding carboxylic acids is 3. The van der Waals surface area contributed by atoms with Crippen molar-refractivity contribution in [1.82, 2.24) is 4.90 Å². The molecule has 0 aromatic heterocycles. The van der Waals surface area contributed by atoms with Gasteiger partial charge < -0.3 is 14.5 Å². The van der Waals surface area contributed by atoms with Gasteiger partial charge in [-0.3, -0.25) is 9.59 Å². The van der Waals surface area contributed by atoms with Crippen molar-refractivity contribution in [3.8, 4) is 0 Å². The van der Waals surface area contributed by atoms with Crippen molar-refractivity contribution in [2.45, 2.75) is 32.8 Å². The van der Waals surface area contributed by atoms with E-state index in [4.69, 9.17) is 4.74 Å². The highest BCUT2D eigenvalue weighted by Crippen LogP contribution is 2.17. The lowest BCUT2D eigenvalue weighted by molar-refractivity contribution is -0.113. The summed E-state index contributed by atoms with van der Waals surface area (Å²) >= 11 is 0. The molecule has 2 rings (SSSR count). The zero-order valence-corrected chi connectivity index (χ0v) is 18.7. The van der Waals surface area contributed by atoms with Gasteiger partial charge >= 0.3 is 6.09 Å². The van der Waals surface area contributed by atoms with Gasteiger partial charge in [0.25, 0.3) is 5.91 Å². The highest BCUT2D eigenvalue weighted by Gasteiger charge is 2.26. The number of benzene rings is 1. The molecule has 1 unspecified atom stereocenters. The number of anilines is 1. The van der Waals surface area contributed by atoms with Gasteiger partial charge in [0.1, 0.15) is 5.60 Å². The molecule has 0 spiro atoms. The number of nitrogens with zero attached hydrogens (tertiary/aromatic N) is 3. The van der Waals surface area contributed by atoms with Gasteiger partial charge in [-0.2, -0.15) is 4.36 Å². The number of likely N-dealkylation sites (N-methyl/N-ethyl adjacent to an activating group) is 1. The van der Waals surface area contributed by atoms with Crippen LogP contribution in [0.1, 0.15) is 37.6 Å². The Morgan fingerprint density at radius 3 is 2.37 bits per heavy atom. The summed E-state index contributed by atoms with van der Waals surface area (Å²) in [6.45, 7) is 9.44. The minimum absolute atomic E-state index is 0.118. The smallest absolute Gasteiger partial charge is 0.410 e. The van der Waals surface area contributed by atoms with E-state index in [1.807, 2.05) is 0 Å². The van der Waals surface area contributed by atoms with Crippen LogP contribution in [0, 0.1) is 0 Å². The maximum Gasteiger partial charge on any atom is 0.410 e. The lowest BCUT2D eigenvalue weighted by Crippen LogP contribution is -2.38. The average molecular weight is 436 g/mol. The first-order chi connectivity index (χ1) is 13.9. The largest absolute Gasteiger partial charge is 0.444 e.